The van der Waals surface area contributed by atoms with Gasteiger partial charge in [-0.25, -0.2) is 4.39 Å². The molecule has 0 aliphatic heterocycles. The molecular formula is C11H13FN2. The van der Waals surface area contributed by atoms with E-state index in [1.807, 2.05) is 7.05 Å². The first-order valence-corrected chi connectivity index (χ1v) is 4.71. The third-order valence-corrected chi connectivity index (χ3v) is 2.39. The second kappa shape index (κ2) is 3.08. The number of hydrogen-bond acceptors (Lipinski definition) is 1. The molecule has 14 heavy (non-hydrogen) atoms. The van der Waals surface area contributed by atoms with Crippen LogP contribution in [0.1, 0.15) is 25.5 Å². The van der Waals surface area contributed by atoms with Gasteiger partial charge >= 0.3 is 0 Å². The molecule has 74 valence electrons. The lowest BCUT2D eigenvalue weighted by molar-refractivity contribution is 0.629. The second-order valence-electron chi connectivity index (χ2n) is 3.83. The summed E-state index contributed by atoms with van der Waals surface area (Å²) in [5, 5.41) is 5.30. The van der Waals surface area contributed by atoms with Gasteiger partial charge in [-0.2, -0.15) is 5.10 Å². The summed E-state index contributed by atoms with van der Waals surface area (Å²) in [4.78, 5) is 0. The zero-order valence-corrected chi connectivity index (χ0v) is 8.58. The van der Waals surface area contributed by atoms with Crippen molar-refractivity contribution in [1.29, 1.82) is 0 Å². The van der Waals surface area contributed by atoms with E-state index in [1.54, 1.807) is 16.8 Å². The maximum atomic E-state index is 13.1. The molecule has 0 radical (unpaired) electrons. The number of aromatic nitrogens is 2. The topological polar surface area (TPSA) is 17.8 Å². The van der Waals surface area contributed by atoms with E-state index in [1.165, 1.54) is 6.07 Å². The monoisotopic (exact) mass is 192 g/mol. The molecule has 0 saturated heterocycles. The number of halogens is 1. The van der Waals surface area contributed by atoms with Gasteiger partial charge in [-0.05, 0) is 24.1 Å². The summed E-state index contributed by atoms with van der Waals surface area (Å²) in [6.45, 7) is 4.12. The Kier molecular flexibility index (Phi) is 2.02. The third-order valence-electron chi connectivity index (χ3n) is 2.39. The minimum absolute atomic E-state index is 0.201. The highest BCUT2D eigenvalue weighted by molar-refractivity contribution is 5.82. The van der Waals surface area contributed by atoms with E-state index in [-0.39, 0.29) is 5.82 Å². The van der Waals surface area contributed by atoms with Gasteiger partial charge < -0.3 is 0 Å². The van der Waals surface area contributed by atoms with Crippen molar-refractivity contribution in [2.75, 3.05) is 0 Å². The summed E-state index contributed by atoms with van der Waals surface area (Å²) in [6, 6.07) is 4.79. The van der Waals surface area contributed by atoms with Gasteiger partial charge in [-0.3, -0.25) is 4.68 Å². The molecule has 0 saturated carbocycles. The highest BCUT2D eigenvalue weighted by Gasteiger charge is 2.11. The lowest BCUT2D eigenvalue weighted by atomic mass is 10.1. The van der Waals surface area contributed by atoms with E-state index in [0.29, 0.717) is 5.92 Å². The Morgan fingerprint density at radius 3 is 2.71 bits per heavy atom. The van der Waals surface area contributed by atoms with Crippen molar-refractivity contribution in [3.05, 3.63) is 29.7 Å². The van der Waals surface area contributed by atoms with Gasteiger partial charge in [0.15, 0.2) is 0 Å². The van der Waals surface area contributed by atoms with Crippen molar-refractivity contribution < 1.29 is 4.39 Å². The predicted octanol–water partition coefficient (Wildman–Crippen LogP) is 2.84. The Morgan fingerprint density at radius 2 is 2.07 bits per heavy atom. The first-order chi connectivity index (χ1) is 6.59. The van der Waals surface area contributed by atoms with Crippen molar-refractivity contribution in [1.82, 2.24) is 9.78 Å². The van der Waals surface area contributed by atoms with Crippen LogP contribution in [0.25, 0.3) is 10.9 Å². The van der Waals surface area contributed by atoms with Gasteiger partial charge in [0.05, 0.1) is 11.2 Å². The van der Waals surface area contributed by atoms with Crippen molar-refractivity contribution in [3.63, 3.8) is 0 Å². The van der Waals surface area contributed by atoms with E-state index in [0.717, 1.165) is 16.6 Å². The Hall–Kier alpha value is -1.38. The molecule has 1 heterocycles. The van der Waals surface area contributed by atoms with Crippen LogP contribution in [0.15, 0.2) is 18.2 Å². The minimum atomic E-state index is -0.201. The largest absolute Gasteiger partial charge is 0.268 e. The fourth-order valence-corrected chi connectivity index (χ4v) is 1.69. The van der Waals surface area contributed by atoms with Crippen LogP contribution in [0.4, 0.5) is 4.39 Å². The molecule has 0 aliphatic carbocycles. The molecule has 1 aromatic heterocycles. The number of rotatable bonds is 1. The zero-order chi connectivity index (χ0) is 10.3. The molecule has 0 unspecified atom stereocenters. The fraction of sp³-hybridized carbons (Fsp3) is 0.364. The van der Waals surface area contributed by atoms with Crippen molar-refractivity contribution in [2.24, 2.45) is 7.05 Å². The van der Waals surface area contributed by atoms with Crippen molar-refractivity contribution >= 4 is 10.9 Å². The summed E-state index contributed by atoms with van der Waals surface area (Å²) in [7, 11) is 1.88. The SMILES string of the molecule is CC(C)c1nn(C)c2ccc(F)cc12. The lowest BCUT2D eigenvalue weighted by Gasteiger charge is -1.99. The average molecular weight is 192 g/mol. The molecule has 0 fully saturated rings. The van der Waals surface area contributed by atoms with Crippen LogP contribution in [0.3, 0.4) is 0 Å². The Bertz CT molecular complexity index is 471. The van der Waals surface area contributed by atoms with Gasteiger partial charge in [-0.15, -0.1) is 0 Å². The lowest BCUT2D eigenvalue weighted by Crippen LogP contribution is -1.92. The average Bonchev–Trinajstić information content (AvgIpc) is 2.43. The smallest absolute Gasteiger partial charge is 0.124 e. The number of hydrogen-bond donors (Lipinski definition) is 0. The molecule has 0 N–H and O–H groups in total. The molecule has 0 atom stereocenters. The number of benzene rings is 1. The second-order valence-corrected chi connectivity index (χ2v) is 3.83. The Labute approximate surface area is 82.3 Å². The van der Waals surface area contributed by atoms with Gasteiger partial charge in [0.2, 0.25) is 0 Å². The maximum Gasteiger partial charge on any atom is 0.124 e. The third kappa shape index (κ3) is 1.29. The molecule has 0 amide bonds. The highest BCUT2D eigenvalue weighted by Crippen LogP contribution is 2.24. The van der Waals surface area contributed by atoms with Crippen LogP contribution in [-0.2, 0) is 7.05 Å². The van der Waals surface area contributed by atoms with E-state index in [2.05, 4.69) is 18.9 Å². The summed E-state index contributed by atoms with van der Waals surface area (Å²) in [6.07, 6.45) is 0. The first-order valence-electron chi connectivity index (χ1n) is 4.71. The minimum Gasteiger partial charge on any atom is -0.268 e. The summed E-state index contributed by atoms with van der Waals surface area (Å²) >= 11 is 0. The van der Waals surface area contributed by atoms with Crippen LogP contribution in [0, 0.1) is 5.82 Å². The van der Waals surface area contributed by atoms with Crippen molar-refractivity contribution in [3.8, 4) is 0 Å². The Morgan fingerprint density at radius 1 is 1.36 bits per heavy atom. The van der Waals surface area contributed by atoms with Gasteiger partial charge in [0, 0.05) is 12.4 Å². The van der Waals surface area contributed by atoms with Crippen LogP contribution >= 0.6 is 0 Å². The number of aryl methyl sites for hydroxylation is 1. The molecule has 2 aromatic rings. The molecule has 0 aliphatic rings. The summed E-state index contributed by atoms with van der Waals surface area (Å²) < 4.78 is 14.8. The maximum absolute atomic E-state index is 13.1. The quantitative estimate of drug-likeness (QED) is 0.679. The van der Waals surface area contributed by atoms with E-state index >= 15 is 0 Å². The predicted molar refractivity (Wildman–Crippen MR) is 54.8 cm³/mol. The molecule has 1 aromatic carbocycles. The molecule has 0 bridgehead atoms. The van der Waals surface area contributed by atoms with Crippen LogP contribution < -0.4 is 0 Å². The molecule has 2 rings (SSSR count). The normalized spacial score (nSPS) is 11.5. The van der Waals surface area contributed by atoms with Crippen LogP contribution in [0.5, 0.6) is 0 Å². The van der Waals surface area contributed by atoms with Crippen molar-refractivity contribution in [2.45, 2.75) is 19.8 Å². The standard InChI is InChI=1S/C11H13FN2/c1-7(2)11-9-6-8(12)4-5-10(9)14(3)13-11/h4-7H,1-3H3. The summed E-state index contributed by atoms with van der Waals surface area (Å²) in [5.74, 6) is 0.118. The fourth-order valence-electron chi connectivity index (χ4n) is 1.69. The molecule has 2 nitrogen and oxygen atoms in total. The highest BCUT2D eigenvalue weighted by atomic mass is 19.1. The van der Waals surface area contributed by atoms with E-state index < -0.39 is 0 Å². The summed E-state index contributed by atoms with van der Waals surface area (Å²) in [5.41, 5.74) is 1.94. The molecule has 0 spiro atoms. The first kappa shape index (κ1) is 9.19. The van der Waals surface area contributed by atoms with E-state index in [9.17, 15) is 4.39 Å². The molecule has 3 heteroatoms. The van der Waals surface area contributed by atoms with Crippen LogP contribution in [-0.4, -0.2) is 9.78 Å². The van der Waals surface area contributed by atoms with E-state index in [4.69, 9.17) is 0 Å². The van der Waals surface area contributed by atoms with Crippen LogP contribution in [0.2, 0.25) is 0 Å². The van der Waals surface area contributed by atoms with Gasteiger partial charge in [0.1, 0.15) is 5.82 Å². The zero-order valence-electron chi connectivity index (χ0n) is 8.58. The Balaban J connectivity index is 2.79. The van der Waals surface area contributed by atoms with Gasteiger partial charge in [0.25, 0.3) is 0 Å². The number of nitrogens with zero attached hydrogens (tertiary/aromatic N) is 2. The van der Waals surface area contributed by atoms with Gasteiger partial charge in [-0.1, -0.05) is 13.8 Å². The molecular weight excluding hydrogens is 179 g/mol. The number of fused-ring (bicyclic) bond motifs is 1.